The Bertz CT molecular complexity index is 615. The summed E-state index contributed by atoms with van der Waals surface area (Å²) < 4.78 is 6.57. The highest BCUT2D eigenvalue weighted by Crippen LogP contribution is 2.24. The zero-order chi connectivity index (χ0) is 14.2. The van der Waals surface area contributed by atoms with Crippen molar-refractivity contribution in [3.05, 3.63) is 43.4 Å². The molecule has 0 aliphatic carbocycles. The normalized spacial score (nSPS) is 10.8. The van der Waals surface area contributed by atoms with Crippen molar-refractivity contribution in [2.45, 2.75) is 27.3 Å². The van der Waals surface area contributed by atoms with Crippen molar-refractivity contribution >= 4 is 33.2 Å². The molecule has 2 heterocycles. The van der Waals surface area contributed by atoms with Crippen LogP contribution < -0.4 is 0 Å². The quantitative estimate of drug-likeness (QED) is 0.833. The molecular formula is C14H16BrNO2S. The summed E-state index contributed by atoms with van der Waals surface area (Å²) in [7, 11) is 1.82. The number of furan rings is 1. The van der Waals surface area contributed by atoms with Gasteiger partial charge in [0.05, 0.1) is 12.1 Å². The molecule has 0 aromatic carbocycles. The molecule has 0 N–H and O–H groups in total. The van der Waals surface area contributed by atoms with E-state index in [1.165, 1.54) is 0 Å². The summed E-state index contributed by atoms with van der Waals surface area (Å²) in [5, 5.41) is 2.02. The first kappa shape index (κ1) is 14.3. The van der Waals surface area contributed by atoms with Gasteiger partial charge in [0.1, 0.15) is 11.5 Å². The number of carbonyl (C=O) groups excluding carboxylic acids is 1. The minimum atomic E-state index is 0.0105. The monoisotopic (exact) mass is 341 g/mol. The molecule has 0 fully saturated rings. The fourth-order valence-corrected chi connectivity index (χ4v) is 3.54. The van der Waals surface area contributed by atoms with Gasteiger partial charge in [-0.2, -0.15) is 0 Å². The van der Waals surface area contributed by atoms with Crippen molar-refractivity contribution in [1.29, 1.82) is 0 Å². The first-order valence-electron chi connectivity index (χ1n) is 5.95. The maximum atomic E-state index is 12.5. The average Bonchev–Trinajstić information content (AvgIpc) is 2.84. The third-order valence-corrected chi connectivity index (χ3v) is 4.82. The molecule has 102 valence electrons. The molecule has 0 saturated heterocycles. The molecule has 5 heteroatoms. The maximum Gasteiger partial charge on any atom is 0.257 e. The van der Waals surface area contributed by atoms with Crippen LogP contribution in [0, 0.1) is 20.8 Å². The van der Waals surface area contributed by atoms with Crippen molar-refractivity contribution in [3.63, 3.8) is 0 Å². The van der Waals surface area contributed by atoms with Crippen LogP contribution in [0.15, 0.2) is 20.3 Å². The summed E-state index contributed by atoms with van der Waals surface area (Å²) in [6, 6.07) is 2.04. The van der Waals surface area contributed by atoms with Crippen LogP contribution in [0.2, 0.25) is 0 Å². The predicted octanol–water partition coefficient (Wildman–Crippen LogP) is 4.30. The summed E-state index contributed by atoms with van der Waals surface area (Å²) in [5.74, 6) is 1.52. The molecule has 2 aromatic heterocycles. The molecular weight excluding hydrogens is 326 g/mol. The van der Waals surface area contributed by atoms with Crippen LogP contribution >= 0.6 is 27.3 Å². The van der Waals surface area contributed by atoms with E-state index >= 15 is 0 Å². The van der Waals surface area contributed by atoms with Gasteiger partial charge in [-0.3, -0.25) is 4.79 Å². The second kappa shape index (κ2) is 5.51. The fourth-order valence-electron chi connectivity index (χ4n) is 2.04. The Balaban J connectivity index is 2.19. The molecule has 0 spiro atoms. The van der Waals surface area contributed by atoms with Crippen LogP contribution in [0.25, 0.3) is 0 Å². The van der Waals surface area contributed by atoms with E-state index in [9.17, 15) is 4.79 Å². The number of amides is 1. The van der Waals surface area contributed by atoms with Crippen LogP contribution in [0.4, 0.5) is 0 Å². The highest BCUT2D eigenvalue weighted by Gasteiger charge is 2.21. The van der Waals surface area contributed by atoms with E-state index in [2.05, 4.69) is 15.9 Å². The Morgan fingerprint density at radius 3 is 2.53 bits per heavy atom. The predicted molar refractivity (Wildman–Crippen MR) is 80.7 cm³/mol. The molecule has 0 saturated carbocycles. The van der Waals surface area contributed by atoms with E-state index in [0.29, 0.717) is 17.9 Å². The van der Waals surface area contributed by atoms with Gasteiger partial charge in [0.25, 0.3) is 5.91 Å². The van der Waals surface area contributed by atoms with E-state index in [1.54, 1.807) is 16.2 Å². The Morgan fingerprint density at radius 2 is 2.05 bits per heavy atom. The van der Waals surface area contributed by atoms with Gasteiger partial charge in [-0.05, 0) is 42.8 Å². The Labute approximate surface area is 125 Å². The number of halogens is 1. The molecule has 2 aromatic rings. The zero-order valence-electron chi connectivity index (χ0n) is 11.4. The van der Waals surface area contributed by atoms with Crippen molar-refractivity contribution in [1.82, 2.24) is 4.90 Å². The highest BCUT2D eigenvalue weighted by atomic mass is 79.9. The molecule has 0 aliphatic heterocycles. The number of rotatable bonds is 3. The topological polar surface area (TPSA) is 33.5 Å². The first-order valence-corrected chi connectivity index (χ1v) is 7.62. The van der Waals surface area contributed by atoms with Crippen molar-refractivity contribution in [3.8, 4) is 0 Å². The lowest BCUT2D eigenvalue weighted by molar-refractivity contribution is 0.0784. The summed E-state index contributed by atoms with van der Waals surface area (Å²) in [6.45, 7) is 6.26. The van der Waals surface area contributed by atoms with Gasteiger partial charge in [-0.25, -0.2) is 0 Å². The van der Waals surface area contributed by atoms with Gasteiger partial charge in [0.15, 0.2) is 0 Å². The molecule has 3 nitrogen and oxygen atoms in total. The van der Waals surface area contributed by atoms with Crippen LogP contribution in [0.5, 0.6) is 0 Å². The highest BCUT2D eigenvalue weighted by molar-refractivity contribution is 9.10. The van der Waals surface area contributed by atoms with Crippen molar-refractivity contribution < 1.29 is 9.21 Å². The number of nitrogens with zero attached hydrogens (tertiary/aromatic N) is 1. The molecule has 0 radical (unpaired) electrons. The summed E-state index contributed by atoms with van der Waals surface area (Å²) in [4.78, 5) is 15.3. The largest absolute Gasteiger partial charge is 0.466 e. The summed E-state index contributed by atoms with van der Waals surface area (Å²) in [5.41, 5.74) is 1.62. The van der Waals surface area contributed by atoms with Gasteiger partial charge in [0.2, 0.25) is 0 Å². The van der Waals surface area contributed by atoms with E-state index in [-0.39, 0.29) is 5.91 Å². The molecule has 19 heavy (non-hydrogen) atoms. The third-order valence-electron chi connectivity index (χ3n) is 3.14. The smallest absolute Gasteiger partial charge is 0.257 e. The van der Waals surface area contributed by atoms with E-state index < -0.39 is 0 Å². The Hall–Kier alpha value is -1.07. The van der Waals surface area contributed by atoms with Crippen LogP contribution in [-0.2, 0) is 6.54 Å². The maximum absolute atomic E-state index is 12.5. The first-order chi connectivity index (χ1) is 8.90. The van der Waals surface area contributed by atoms with Crippen LogP contribution in [0.1, 0.15) is 32.3 Å². The standard InChI is InChI=1S/C14H16BrNO2S/c1-8-9(2)18-10(3)13(8)14(17)16(4)6-12-5-11(15)7-19-12/h5,7H,6H2,1-4H3. The Morgan fingerprint density at radius 1 is 1.37 bits per heavy atom. The van der Waals surface area contributed by atoms with Gasteiger partial charge in [-0.15, -0.1) is 11.3 Å². The van der Waals surface area contributed by atoms with E-state index in [0.717, 1.165) is 20.7 Å². The molecule has 2 rings (SSSR count). The van der Waals surface area contributed by atoms with Gasteiger partial charge in [0, 0.05) is 27.3 Å². The Kier molecular flexibility index (Phi) is 4.16. The molecule has 0 atom stereocenters. The van der Waals surface area contributed by atoms with Crippen LogP contribution in [0.3, 0.4) is 0 Å². The lowest BCUT2D eigenvalue weighted by atomic mass is 10.1. The van der Waals surface area contributed by atoms with Crippen molar-refractivity contribution in [2.75, 3.05) is 7.05 Å². The van der Waals surface area contributed by atoms with Gasteiger partial charge < -0.3 is 9.32 Å². The van der Waals surface area contributed by atoms with Gasteiger partial charge >= 0.3 is 0 Å². The molecule has 0 aliphatic rings. The number of hydrogen-bond acceptors (Lipinski definition) is 3. The fraction of sp³-hybridized carbons (Fsp3) is 0.357. The SMILES string of the molecule is Cc1oc(C)c(C(=O)N(C)Cc2cc(Br)cs2)c1C. The molecule has 1 amide bonds. The summed E-state index contributed by atoms with van der Waals surface area (Å²) in [6.07, 6.45) is 0. The minimum absolute atomic E-state index is 0.0105. The lowest BCUT2D eigenvalue weighted by Gasteiger charge is -2.16. The summed E-state index contributed by atoms with van der Waals surface area (Å²) >= 11 is 5.06. The minimum Gasteiger partial charge on any atom is -0.466 e. The number of thiophene rings is 1. The van der Waals surface area contributed by atoms with E-state index in [1.807, 2.05) is 39.3 Å². The molecule has 0 unspecified atom stereocenters. The zero-order valence-corrected chi connectivity index (χ0v) is 13.8. The van der Waals surface area contributed by atoms with Crippen LogP contribution in [-0.4, -0.2) is 17.9 Å². The second-order valence-corrected chi connectivity index (χ2v) is 6.52. The second-order valence-electron chi connectivity index (χ2n) is 4.61. The lowest BCUT2D eigenvalue weighted by Crippen LogP contribution is -2.26. The van der Waals surface area contributed by atoms with E-state index in [4.69, 9.17) is 4.42 Å². The molecule has 0 bridgehead atoms. The number of carbonyl (C=O) groups is 1. The average molecular weight is 342 g/mol. The number of aryl methyl sites for hydroxylation is 2. The number of hydrogen-bond donors (Lipinski definition) is 0. The van der Waals surface area contributed by atoms with Gasteiger partial charge in [-0.1, -0.05) is 0 Å². The third kappa shape index (κ3) is 2.92. The van der Waals surface area contributed by atoms with Crippen molar-refractivity contribution in [2.24, 2.45) is 0 Å².